The minimum Gasteiger partial charge on any atom is -0.456 e. The Bertz CT molecular complexity index is 4560. The van der Waals surface area contributed by atoms with Gasteiger partial charge in [0.05, 0.1) is 11.4 Å². The van der Waals surface area contributed by atoms with Crippen molar-refractivity contribution in [1.82, 2.24) is 0 Å². The van der Waals surface area contributed by atoms with Crippen LogP contribution in [0.1, 0.15) is 12.8 Å². The van der Waals surface area contributed by atoms with Crippen LogP contribution in [0.5, 0.6) is 0 Å². The molecule has 0 fully saturated rings. The monoisotopic (exact) mass is 936 g/mol. The first-order valence-electron chi connectivity index (χ1n) is 25.0. The van der Waals surface area contributed by atoms with E-state index >= 15 is 0 Å². The summed E-state index contributed by atoms with van der Waals surface area (Å²) in [6, 6.07) is 79.9. The van der Waals surface area contributed by atoms with Crippen molar-refractivity contribution in [3.05, 3.63) is 248 Å². The topological polar surface area (TPSA) is 45.9 Å². The minimum absolute atomic E-state index is 0.840. The molecule has 11 aromatic carbocycles. The summed E-state index contributed by atoms with van der Waals surface area (Å²) in [4.78, 5) is 4.69. The predicted octanol–water partition coefficient (Wildman–Crippen LogP) is 19.9. The fourth-order valence-electron chi connectivity index (χ4n) is 11.4. The van der Waals surface area contributed by atoms with E-state index in [4.69, 9.17) is 13.3 Å². The molecule has 0 radical (unpaired) electrons. The maximum Gasteiger partial charge on any atom is 0.159 e. The highest BCUT2D eigenvalue weighted by Crippen LogP contribution is 2.47. The molecule has 0 saturated heterocycles. The van der Waals surface area contributed by atoms with E-state index in [-0.39, 0.29) is 0 Å². The van der Waals surface area contributed by atoms with E-state index in [0.717, 1.165) is 151 Å². The van der Waals surface area contributed by atoms with Gasteiger partial charge in [0.1, 0.15) is 22.3 Å². The molecule has 0 N–H and O–H groups in total. The zero-order valence-corrected chi connectivity index (χ0v) is 39.6. The van der Waals surface area contributed by atoms with Gasteiger partial charge in [-0.25, -0.2) is 0 Å². The van der Waals surface area contributed by atoms with Gasteiger partial charge in [-0.15, -0.1) is 0 Å². The molecule has 5 nitrogen and oxygen atoms in total. The second kappa shape index (κ2) is 16.5. The number of benzene rings is 11. The van der Waals surface area contributed by atoms with Crippen molar-refractivity contribution < 1.29 is 13.3 Å². The van der Waals surface area contributed by atoms with E-state index in [9.17, 15) is 0 Å². The van der Waals surface area contributed by atoms with Gasteiger partial charge in [-0.3, -0.25) is 0 Å². The number of para-hydroxylation sites is 5. The third kappa shape index (κ3) is 6.70. The molecule has 3 heterocycles. The van der Waals surface area contributed by atoms with E-state index in [0.29, 0.717) is 0 Å². The lowest BCUT2D eigenvalue weighted by molar-refractivity contribution is 0.669. The summed E-state index contributed by atoms with van der Waals surface area (Å²) >= 11 is 0. The van der Waals surface area contributed by atoms with E-state index in [2.05, 4.69) is 246 Å². The molecule has 15 rings (SSSR count). The minimum atomic E-state index is 0.840. The highest BCUT2D eigenvalue weighted by Gasteiger charge is 2.24. The van der Waals surface area contributed by atoms with Crippen LogP contribution in [0.4, 0.5) is 28.4 Å². The molecule has 73 heavy (non-hydrogen) atoms. The summed E-state index contributed by atoms with van der Waals surface area (Å²) in [5.41, 5.74) is 15.9. The van der Waals surface area contributed by atoms with E-state index in [1.807, 2.05) is 6.07 Å². The first-order chi connectivity index (χ1) is 36.2. The SMILES string of the molecule is C1=CCCC(N(c2ccc3cc4c(cc3c2)oc2cc3cc(N(c5ccccc5)c5cccc6c5oc5c(-c7ccccc7)cccc56)ccc3cc24)c2cccc3c2oc2c(-c4ccccc4)cccc23)=C1. The second-order valence-corrected chi connectivity index (χ2v) is 19.1. The third-order valence-electron chi connectivity index (χ3n) is 14.8. The Morgan fingerprint density at radius 3 is 1.33 bits per heavy atom. The largest absolute Gasteiger partial charge is 0.456 e. The molecular formula is C68H44N2O3. The van der Waals surface area contributed by atoms with Crippen LogP contribution >= 0.6 is 0 Å². The van der Waals surface area contributed by atoms with Gasteiger partial charge in [0.25, 0.3) is 0 Å². The van der Waals surface area contributed by atoms with Crippen molar-refractivity contribution in [2.24, 2.45) is 0 Å². The third-order valence-corrected chi connectivity index (χ3v) is 14.8. The Hall–Kier alpha value is -9.58. The Morgan fingerprint density at radius 1 is 0.329 bits per heavy atom. The number of nitrogens with zero attached hydrogens (tertiary/aromatic N) is 2. The summed E-state index contributed by atoms with van der Waals surface area (Å²) in [6.45, 7) is 0. The molecule has 0 unspecified atom stereocenters. The normalized spacial score (nSPS) is 12.8. The van der Waals surface area contributed by atoms with Crippen LogP contribution < -0.4 is 9.80 Å². The number of anilines is 5. The molecule has 0 aliphatic heterocycles. The zero-order valence-electron chi connectivity index (χ0n) is 39.6. The summed E-state index contributed by atoms with van der Waals surface area (Å²) in [5.74, 6) is 0. The van der Waals surface area contributed by atoms with E-state index in [1.54, 1.807) is 0 Å². The van der Waals surface area contributed by atoms with Crippen molar-refractivity contribution >= 4 is 116 Å². The number of fused-ring (bicyclic) bond motifs is 11. The molecule has 3 aromatic heterocycles. The lowest BCUT2D eigenvalue weighted by atomic mass is 10.0. The fraction of sp³-hybridized carbons (Fsp3) is 0.0294. The maximum atomic E-state index is 6.98. The molecule has 1 aliphatic rings. The van der Waals surface area contributed by atoms with Crippen molar-refractivity contribution in [2.75, 3.05) is 9.80 Å². The van der Waals surface area contributed by atoms with Crippen LogP contribution in [0.15, 0.2) is 262 Å². The van der Waals surface area contributed by atoms with Gasteiger partial charge >= 0.3 is 0 Å². The van der Waals surface area contributed by atoms with Crippen LogP contribution in [0.3, 0.4) is 0 Å². The van der Waals surface area contributed by atoms with Crippen LogP contribution in [-0.2, 0) is 0 Å². The summed E-state index contributed by atoms with van der Waals surface area (Å²) in [6.07, 6.45) is 8.53. The van der Waals surface area contributed by atoms with Crippen LogP contribution in [0.2, 0.25) is 0 Å². The molecular weight excluding hydrogens is 893 g/mol. The van der Waals surface area contributed by atoms with Crippen molar-refractivity contribution in [2.45, 2.75) is 12.8 Å². The molecule has 0 atom stereocenters. The highest BCUT2D eigenvalue weighted by atomic mass is 16.3. The van der Waals surface area contributed by atoms with Crippen molar-refractivity contribution in [3.63, 3.8) is 0 Å². The predicted molar refractivity (Wildman–Crippen MR) is 304 cm³/mol. The highest BCUT2D eigenvalue weighted by molar-refractivity contribution is 6.17. The molecule has 0 saturated carbocycles. The smallest absolute Gasteiger partial charge is 0.159 e. The van der Waals surface area contributed by atoms with Gasteiger partial charge in [-0.2, -0.15) is 0 Å². The first-order valence-corrected chi connectivity index (χ1v) is 25.0. The van der Waals surface area contributed by atoms with Crippen LogP contribution in [-0.4, -0.2) is 0 Å². The van der Waals surface area contributed by atoms with Gasteiger partial charge < -0.3 is 23.1 Å². The number of hydrogen-bond acceptors (Lipinski definition) is 5. The Kier molecular flexibility index (Phi) is 9.32. The van der Waals surface area contributed by atoms with Crippen LogP contribution in [0.25, 0.3) is 110 Å². The second-order valence-electron chi connectivity index (χ2n) is 19.1. The number of hydrogen-bond donors (Lipinski definition) is 0. The molecule has 5 heteroatoms. The van der Waals surface area contributed by atoms with Gasteiger partial charge in [-0.1, -0.05) is 164 Å². The Balaban J connectivity index is 0.842. The average molecular weight is 937 g/mol. The van der Waals surface area contributed by atoms with Gasteiger partial charge in [0.2, 0.25) is 0 Å². The molecule has 14 aromatic rings. The zero-order chi connectivity index (χ0) is 48.0. The fourth-order valence-corrected chi connectivity index (χ4v) is 11.4. The number of rotatable bonds is 8. The van der Waals surface area contributed by atoms with Crippen LogP contribution in [0, 0.1) is 0 Å². The Morgan fingerprint density at radius 2 is 0.808 bits per heavy atom. The van der Waals surface area contributed by atoms with E-state index in [1.165, 1.54) is 5.70 Å². The number of allylic oxidation sites excluding steroid dienone is 4. The van der Waals surface area contributed by atoms with Gasteiger partial charge in [0, 0.05) is 66.2 Å². The van der Waals surface area contributed by atoms with Gasteiger partial charge in [-0.05, 0) is 124 Å². The van der Waals surface area contributed by atoms with Gasteiger partial charge in [0.15, 0.2) is 11.2 Å². The number of furan rings is 3. The summed E-state index contributed by atoms with van der Waals surface area (Å²) < 4.78 is 20.8. The summed E-state index contributed by atoms with van der Waals surface area (Å²) in [5, 5.41) is 11.0. The van der Waals surface area contributed by atoms with Crippen molar-refractivity contribution in [1.29, 1.82) is 0 Å². The molecule has 0 spiro atoms. The standard InChI is InChI=1S/C68H44N2O3/c1-5-17-43(18-6-1)53-25-13-27-55-57-29-15-31-61(67(57)72-65(53)55)69(49-21-9-3-10-22-49)51-35-33-45-39-59-60-40-46-34-36-52(38-48(46)42-64(60)71-63(59)41-47(45)37-51)70(50-23-11-4-12-24-50)62-32-16-30-58-56-28-14-26-54(66(56)73-68(58)62)44-19-7-2-8-20-44/h1-11,13-23,25-42H,12,24H2. The average Bonchev–Trinajstić information content (AvgIpc) is 4.14. The lowest BCUT2D eigenvalue weighted by Gasteiger charge is -2.29. The van der Waals surface area contributed by atoms with E-state index < -0.39 is 0 Å². The lowest BCUT2D eigenvalue weighted by Crippen LogP contribution is -2.17. The first kappa shape index (κ1) is 41.2. The molecule has 1 aliphatic carbocycles. The van der Waals surface area contributed by atoms with Crippen molar-refractivity contribution in [3.8, 4) is 22.3 Å². The maximum absolute atomic E-state index is 6.98. The molecule has 344 valence electrons. The Labute approximate surface area is 420 Å². The molecule has 0 bridgehead atoms. The molecule has 0 amide bonds. The summed E-state index contributed by atoms with van der Waals surface area (Å²) in [7, 11) is 0. The quantitative estimate of drug-likeness (QED) is 0.152.